The van der Waals surface area contributed by atoms with Gasteiger partial charge in [0.05, 0.1) is 6.20 Å². The van der Waals surface area contributed by atoms with E-state index in [1.165, 1.54) is 6.20 Å². The molecule has 0 radical (unpaired) electrons. The molecule has 0 aliphatic carbocycles. The summed E-state index contributed by atoms with van der Waals surface area (Å²) in [7, 11) is 0. The van der Waals surface area contributed by atoms with Crippen LogP contribution in [0.3, 0.4) is 0 Å². The summed E-state index contributed by atoms with van der Waals surface area (Å²) in [5.41, 5.74) is 0. The Morgan fingerprint density at radius 1 is 1.67 bits per heavy atom. The maximum absolute atomic E-state index is 10.9. The number of amides is 1. The molecular weight excluding hydrogens is 154 g/mol. The van der Waals surface area contributed by atoms with Gasteiger partial charge in [0, 0.05) is 25.3 Å². The number of hydrogen-bond donors (Lipinski definition) is 1. The van der Waals surface area contributed by atoms with Gasteiger partial charge in [0.1, 0.15) is 0 Å². The second-order valence-electron chi connectivity index (χ2n) is 2.30. The quantitative estimate of drug-likeness (QED) is 0.648. The Bertz CT molecular complexity index is 253. The van der Waals surface area contributed by atoms with Crippen LogP contribution in [-0.4, -0.2) is 18.3 Å². The number of aliphatic imine (C=N–C) groups is 2. The number of carbonyl (C=O) groups excluding carboxylic acids is 1. The van der Waals surface area contributed by atoms with Crippen molar-refractivity contribution in [3.63, 3.8) is 0 Å². The third kappa shape index (κ3) is 2.65. The van der Waals surface area contributed by atoms with E-state index >= 15 is 0 Å². The highest BCUT2D eigenvalue weighted by atomic mass is 16.1. The summed E-state index contributed by atoms with van der Waals surface area (Å²) in [6, 6.07) is 0. The Morgan fingerprint density at radius 2 is 2.50 bits per heavy atom. The van der Waals surface area contributed by atoms with Crippen LogP contribution in [0.25, 0.3) is 0 Å². The molecule has 12 heavy (non-hydrogen) atoms. The van der Waals surface area contributed by atoms with Gasteiger partial charge in [-0.15, -0.1) is 0 Å². The molecule has 1 aliphatic heterocycles. The van der Waals surface area contributed by atoms with E-state index in [1.54, 1.807) is 19.4 Å². The van der Waals surface area contributed by atoms with Gasteiger partial charge in [-0.25, -0.2) is 4.99 Å². The fourth-order valence-electron chi connectivity index (χ4n) is 0.711. The van der Waals surface area contributed by atoms with Gasteiger partial charge in [-0.1, -0.05) is 6.92 Å². The molecule has 0 spiro atoms. The van der Waals surface area contributed by atoms with Crippen LogP contribution in [-0.2, 0) is 4.79 Å². The summed E-state index contributed by atoms with van der Waals surface area (Å²) >= 11 is 0. The van der Waals surface area contributed by atoms with Crippen LogP contribution in [0.5, 0.6) is 0 Å². The lowest BCUT2D eigenvalue weighted by molar-refractivity contribution is -0.120. The fourth-order valence-corrected chi connectivity index (χ4v) is 0.711. The molecule has 1 aliphatic rings. The molecule has 0 atom stereocenters. The minimum atomic E-state index is -0.0458. The largest absolute Gasteiger partial charge is 0.309 e. The zero-order valence-electron chi connectivity index (χ0n) is 6.95. The number of carbonyl (C=O) groups is 1. The van der Waals surface area contributed by atoms with Crippen LogP contribution in [0.15, 0.2) is 22.0 Å². The van der Waals surface area contributed by atoms with Crippen molar-refractivity contribution < 1.29 is 4.79 Å². The van der Waals surface area contributed by atoms with Gasteiger partial charge in [-0.2, -0.15) is 0 Å². The van der Waals surface area contributed by atoms with E-state index in [1.807, 2.05) is 0 Å². The van der Waals surface area contributed by atoms with Crippen LogP contribution in [0.1, 0.15) is 19.8 Å². The highest BCUT2D eigenvalue weighted by Gasteiger charge is 1.99. The predicted octanol–water partition coefficient (Wildman–Crippen LogP) is 0.857. The highest BCUT2D eigenvalue weighted by molar-refractivity contribution is 5.82. The highest BCUT2D eigenvalue weighted by Crippen LogP contribution is 1.95. The first-order chi connectivity index (χ1) is 5.83. The Morgan fingerprint density at radius 3 is 3.25 bits per heavy atom. The third-order valence-electron chi connectivity index (χ3n) is 1.33. The van der Waals surface area contributed by atoms with Crippen LogP contribution in [0, 0.1) is 0 Å². The number of rotatable bonds is 2. The molecule has 0 aromatic heterocycles. The van der Waals surface area contributed by atoms with E-state index in [0.29, 0.717) is 18.7 Å². The van der Waals surface area contributed by atoms with E-state index in [0.717, 1.165) is 0 Å². The second kappa shape index (κ2) is 4.43. The molecule has 0 aromatic carbocycles. The first-order valence-corrected chi connectivity index (χ1v) is 3.87. The van der Waals surface area contributed by atoms with Gasteiger partial charge in [0.25, 0.3) is 0 Å². The molecule has 4 heteroatoms. The molecule has 4 nitrogen and oxygen atoms in total. The fraction of sp³-hybridized carbons (Fsp3) is 0.375. The van der Waals surface area contributed by atoms with Crippen molar-refractivity contribution in [3.8, 4) is 0 Å². The van der Waals surface area contributed by atoms with Crippen molar-refractivity contribution in [1.82, 2.24) is 5.32 Å². The Hall–Kier alpha value is -1.45. The summed E-state index contributed by atoms with van der Waals surface area (Å²) in [5.74, 6) is 0.464. The Kier molecular flexibility index (Phi) is 3.19. The molecular formula is C8H11N3O. The summed E-state index contributed by atoms with van der Waals surface area (Å²) < 4.78 is 0. The molecule has 0 saturated heterocycles. The van der Waals surface area contributed by atoms with Gasteiger partial charge in [0.15, 0.2) is 5.82 Å². The van der Waals surface area contributed by atoms with Crippen molar-refractivity contribution in [1.29, 1.82) is 0 Å². The standard InChI is InChI=1S/C8H11N3O/c1-2-8(12)11-7-6-9-4-3-5-10-7/h4-6H,2-3H2,1H3,(H,11,12). The molecule has 0 unspecified atom stereocenters. The van der Waals surface area contributed by atoms with Crippen molar-refractivity contribution in [3.05, 3.63) is 12.0 Å². The molecule has 64 valence electrons. The summed E-state index contributed by atoms with van der Waals surface area (Å²) in [5, 5.41) is 2.62. The minimum absolute atomic E-state index is 0.0458. The summed E-state index contributed by atoms with van der Waals surface area (Å²) in [6.45, 7) is 1.79. The number of hydrogen-bond acceptors (Lipinski definition) is 3. The monoisotopic (exact) mass is 165 g/mol. The van der Waals surface area contributed by atoms with Crippen LogP contribution < -0.4 is 5.32 Å². The zero-order valence-corrected chi connectivity index (χ0v) is 6.95. The minimum Gasteiger partial charge on any atom is -0.309 e. The number of nitrogens with zero attached hydrogens (tertiary/aromatic N) is 2. The first kappa shape index (κ1) is 8.64. The molecule has 0 aromatic rings. The van der Waals surface area contributed by atoms with E-state index in [9.17, 15) is 4.79 Å². The van der Waals surface area contributed by atoms with Gasteiger partial charge in [-0.3, -0.25) is 9.79 Å². The lowest BCUT2D eigenvalue weighted by Crippen LogP contribution is -2.20. The predicted molar refractivity (Wildman–Crippen MR) is 48.1 cm³/mol. The topological polar surface area (TPSA) is 53.8 Å². The number of nitrogens with one attached hydrogen (secondary N) is 1. The van der Waals surface area contributed by atoms with E-state index in [-0.39, 0.29) is 5.91 Å². The van der Waals surface area contributed by atoms with E-state index in [4.69, 9.17) is 0 Å². The summed E-state index contributed by atoms with van der Waals surface area (Å²) in [6.07, 6.45) is 6.14. The lowest BCUT2D eigenvalue weighted by atomic mass is 10.4. The molecule has 0 fully saturated rings. The maximum atomic E-state index is 10.9. The third-order valence-corrected chi connectivity index (χ3v) is 1.33. The zero-order chi connectivity index (χ0) is 8.81. The van der Waals surface area contributed by atoms with E-state index < -0.39 is 0 Å². The van der Waals surface area contributed by atoms with Gasteiger partial charge in [-0.05, 0) is 0 Å². The van der Waals surface area contributed by atoms with Crippen molar-refractivity contribution in [2.75, 3.05) is 0 Å². The molecule has 0 bridgehead atoms. The van der Waals surface area contributed by atoms with Gasteiger partial charge >= 0.3 is 0 Å². The van der Waals surface area contributed by atoms with Crippen LogP contribution in [0.4, 0.5) is 0 Å². The average molecular weight is 165 g/mol. The SMILES string of the molecule is CCC(=O)NC1=CN=CCC=N1. The average Bonchev–Trinajstić information content (AvgIpc) is 2.33. The second-order valence-corrected chi connectivity index (χ2v) is 2.30. The van der Waals surface area contributed by atoms with Crippen molar-refractivity contribution in [2.24, 2.45) is 9.98 Å². The summed E-state index contributed by atoms with van der Waals surface area (Å²) in [4.78, 5) is 18.8. The molecule has 1 rings (SSSR count). The maximum Gasteiger partial charge on any atom is 0.225 e. The van der Waals surface area contributed by atoms with Crippen LogP contribution >= 0.6 is 0 Å². The molecule has 1 amide bonds. The van der Waals surface area contributed by atoms with Crippen molar-refractivity contribution in [2.45, 2.75) is 19.8 Å². The lowest BCUT2D eigenvalue weighted by Gasteiger charge is -2.00. The first-order valence-electron chi connectivity index (χ1n) is 3.87. The van der Waals surface area contributed by atoms with Crippen LogP contribution in [0.2, 0.25) is 0 Å². The smallest absolute Gasteiger partial charge is 0.225 e. The van der Waals surface area contributed by atoms with Gasteiger partial charge < -0.3 is 5.32 Å². The Labute approximate surface area is 71.1 Å². The Balaban J connectivity index is 2.56. The normalized spacial score (nSPS) is 15.2. The van der Waals surface area contributed by atoms with Crippen molar-refractivity contribution >= 4 is 18.3 Å². The molecule has 0 saturated carbocycles. The molecule has 1 heterocycles. The molecule has 1 N–H and O–H groups in total. The van der Waals surface area contributed by atoms with Gasteiger partial charge in [0.2, 0.25) is 5.91 Å². The van der Waals surface area contributed by atoms with E-state index in [2.05, 4.69) is 15.3 Å².